The lowest BCUT2D eigenvalue weighted by Crippen LogP contribution is -2.65. The smallest absolute Gasteiger partial charge is 0.220 e. The summed E-state index contributed by atoms with van der Waals surface area (Å²) in [4.78, 5) is 24.7. The van der Waals surface area contributed by atoms with Crippen LogP contribution in [-0.4, -0.2) is 58.8 Å². The van der Waals surface area contributed by atoms with Crippen molar-refractivity contribution in [3.05, 3.63) is 84.3 Å². The number of piperazine rings is 1. The molecule has 7 heteroatoms. The molecule has 0 radical (unpaired) electrons. The first-order valence-electron chi connectivity index (χ1n) is 13.4. The minimum Gasteiger partial charge on any atom is -0.495 e. The van der Waals surface area contributed by atoms with Gasteiger partial charge in [0.05, 0.1) is 30.8 Å². The van der Waals surface area contributed by atoms with Crippen LogP contribution >= 0.6 is 0 Å². The average Bonchev–Trinajstić information content (AvgIpc) is 2.95. The van der Waals surface area contributed by atoms with Gasteiger partial charge in [-0.1, -0.05) is 48.5 Å². The molecule has 3 aromatic carbocycles. The molecular formula is C33H34N4O3. The van der Waals surface area contributed by atoms with Gasteiger partial charge in [-0.2, -0.15) is 0 Å². The monoisotopic (exact) mass is 534 g/mol. The Morgan fingerprint density at radius 3 is 2.27 bits per heavy atom. The predicted octanol–water partition coefficient (Wildman–Crippen LogP) is 6.32. The number of aliphatic hydroxyl groups is 1. The summed E-state index contributed by atoms with van der Waals surface area (Å²) < 4.78 is 5.93. The molecule has 1 amide bonds. The van der Waals surface area contributed by atoms with Crippen LogP contribution in [0, 0.1) is 6.57 Å². The van der Waals surface area contributed by atoms with E-state index in [1.54, 1.807) is 27.9 Å². The molecule has 7 nitrogen and oxygen atoms in total. The molecule has 40 heavy (non-hydrogen) atoms. The molecule has 2 atom stereocenters. The molecule has 5 rings (SSSR count). The topological polar surface area (TPSA) is 70.3 Å². The third-order valence-corrected chi connectivity index (χ3v) is 7.77. The normalized spacial score (nSPS) is 17.5. The summed E-state index contributed by atoms with van der Waals surface area (Å²) in [6.07, 6.45) is 1.85. The number of rotatable bonds is 5. The second-order valence-corrected chi connectivity index (χ2v) is 11.0. The van der Waals surface area contributed by atoms with Crippen molar-refractivity contribution in [1.82, 2.24) is 9.88 Å². The van der Waals surface area contributed by atoms with Gasteiger partial charge < -0.3 is 19.6 Å². The third kappa shape index (κ3) is 4.99. The Morgan fingerprint density at radius 1 is 1.02 bits per heavy atom. The van der Waals surface area contributed by atoms with E-state index in [4.69, 9.17) is 16.3 Å². The molecule has 1 aliphatic heterocycles. The van der Waals surface area contributed by atoms with Gasteiger partial charge in [-0.3, -0.25) is 9.78 Å². The van der Waals surface area contributed by atoms with Crippen LogP contribution in [0.2, 0.25) is 0 Å². The van der Waals surface area contributed by atoms with Crippen LogP contribution in [0.5, 0.6) is 5.75 Å². The number of nitrogens with zero attached hydrogens (tertiary/aromatic N) is 4. The molecule has 4 aromatic rings. The number of amides is 1. The van der Waals surface area contributed by atoms with Crippen molar-refractivity contribution in [1.29, 1.82) is 0 Å². The van der Waals surface area contributed by atoms with E-state index >= 15 is 0 Å². The number of aromatic nitrogens is 1. The van der Waals surface area contributed by atoms with Gasteiger partial charge in [0.15, 0.2) is 5.69 Å². The largest absolute Gasteiger partial charge is 0.495 e. The fourth-order valence-electron chi connectivity index (χ4n) is 5.81. The summed E-state index contributed by atoms with van der Waals surface area (Å²) in [6.45, 7) is 15.6. The minimum atomic E-state index is -1.03. The molecule has 204 valence electrons. The molecular weight excluding hydrogens is 500 g/mol. The van der Waals surface area contributed by atoms with Gasteiger partial charge in [0.1, 0.15) is 5.75 Å². The lowest BCUT2D eigenvalue weighted by atomic mass is 9.92. The summed E-state index contributed by atoms with van der Waals surface area (Å²) >= 11 is 0. The molecule has 2 heterocycles. The highest BCUT2D eigenvalue weighted by atomic mass is 16.5. The van der Waals surface area contributed by atoms with Crippen LogP contribution in [0.4, 0.5) is 11.4 Å². The first kappa shape index (κ1) is 27.2. The van der Waals surface area contributed by atoms with Gasteiger partial charge >= 0.3 is 0 Å². The summed E-state index contributed by atoms with van der Waals surface area (Å²) in [6, 6.07) is 21.5. The lowest BCUT2D eigenvalue weighted by Gasteiger charge is -2.50. The molecule has 1 N–H and O–H groups in total. The van der Waals surface area contributed by atoms with Crippen molar-refractivity contribution >= 4 is 28.2 Å². The number of para-hydroxylation sites is 1. The van der Waals surface area contributed by atoms with Crippen LogP contribution in [0.1, 0.15) is 27.7 Å². The molecule has 0 bridgehead atoms. The maximum Gasteiger partial charge on any atom is 0.220 e. The first-order chi connectivity index (χ1) is 19.1. The standard InChI is InChI=1S/C33H34N4O3/c1-21-19-36(20-30(33(3,4)39)37(21)22(2)38)26-16-12-24(13-17-26)29-18-35-31-27(8-7-9-28(31)32(29)40-6)23-10-14-25(34-5)15-11-23/h7-18,21,30,39H,19-20H2,1-4,6H3. The number of ether oxygens (including phenoxy) is 1. The van der Waals surface area contributed by atoms with Crippen molar-refractivity contribution in [2.75, 3.05) is 25.1 Å². The molecule has 1 fully saturated rings. The number of anilines is 1. The Hall–Kier alpha value is -4.41. The highest BCUT2D eigenvalue weighted by Gasteiger charge is 2.41. The van der Waals surface area contributed by atoms with Crippen molar-refractivity contribution in [3.8, 4) is 28.0 Å². The van der Waals surface area contributed by atoms with Crippen molar-refractivity contribution in [2.45, 2.75) is 45.4 Å². The predicted molar refractivity (Wildman–Crippen MR) is 160 cm³/mol. The number of hydrogen-bond acceptors (Lipinski definition) is 5. The Balaban J connectivity index is 1.48. The maximum atomic E-state index is 12.4. The van der Waals surface area contributed by atoms with Gasteiger partial charge in [-0.15, -0.1) is 0 Å². The van der Waals surface area contributed by atoms with Crippen LogP contribution in [0.25, 0.3) is 38.0 Å². The summed E-state index contributed by atoms with van der Waals surface area (Å²) in [5, 5.41) is 11.8. The fourth-order valence-corrected chi connectivity index (χ4v) is 5.81. The number of pyridine rings is 1. The molecule has 1 aliphatic rings. The number of hydrogen-bond donors (Lipinski definition) is 1. The number of benzene rings is 3. The van der Waals surface area contributed by atoms with E-state index in [1.165, 1.54) is 0 Å². The van der Waals surface area contributed by atoms with E-state index in [-0.39, 0.29) is 18.0 Å². The van der Waals surface area contributed by atoms with Crippen molar-refractivity contribution in [3.63, 3.8) is 0 Å². The second-order valence-electron chi connectivity index (χ2n) is 11.0. The number of carbonyl (C=O) groups is 1. The van der Waals surface area contributed by atoms with Gasteiger partial charge in [0.2, 0.25) is 5.91 Å². The van der Waals surface area contributed by atoms with E-state index in [0.717, 1.165) is 44.6 Å². The number of fused-ring (bicyclic) bond motifs is 1. The number of carbonyl (C=O) groups excluding carboxylic acids is 1. The zero-order valence-electron chi connectivity index (χ0n) is 23.5. The third-order valence-electron chi connectivity index (χ3n) is 7.77. The van der Waals surface area contributed by atoms with E-state index < -0.39 is 5.60 Å². The maximum absolute atomic E-state index is 12.4. The Kier molecular flexibility index (Phi) is 7.22. The van der Waals surface area contributed by atoms with Gasteiger partial charge in [0, 0.05) is 54.5 Å². The summed E-state index contributed by atoms with van der Waals surface area (Å²) in [5.74, 6) is 0.734. The Labute approximate surface area is 235 Å². The lowest BCUT2D eigenvalue weighted by molar-refractivity contribution is -0.141. The van der Waals surface area contributed by atoms with Crippen LogP contribution in [0.15, 0.2) is 72.9 Å². The molecule has 1 aromatic heterocycles. The van der Waals surface area contributed by atoms with Crippen LogP contribution < -0.4 is 9.64 Å². The fraction of sp³-hybridized carbons (Fsp3) is 0.303. The van der Waals surface area contributed by atoms with Crippen molar-refractivity contribution < 1.29 is 14.6 Å². The zero-order chi connectivity index (χ0) is 28.6. The van der Waals surface area contributed by atoms with E-state index in [9.17, 15) is 9.90 Å². The first-order valence-corrected chi connectivity index (χ1v) is 13.4. The van der Waals surface area contributed by atoms with Gasteiger partial charge in [-0.25, -0.2) is 4.85 Å². The number of methoxy groups -OCH3 is 1. The molecule has 1 saturated heterocycles. The molecule has 0 saturated carbocycles. The summed E-state index contributed by atoms with van der Waals surface area (Å²) in [5.41, 5.74) is 5.30. The molecule has 0 aliphatic carbocycles. The zero-order valence-corrected chi connectivity index (χ0v) is 23.5. The molecule has 2 unspecified atom stereocenters. The van der Waals surface area contributed by atoms with Gasteiger partial charge in [0.25, 0.3) is 0 Å². The van der Waals surface area contributed by atoms with E-state index in [1.807, 2.05) is 60.5 Å². The van der Waals surface area contributed by atoms with Gasteiger partial charge in [-0.05, 0) is 50.1 Å². The SMILES string of the molecule is [C-]#[N+]c1ccc(-c2cccc3c(OC)c(-c4ccc(N5CC(C)N(C(C)=O)C(C(C)(C)O)C5)cc4)cnc23)cc1. The molecule has 0 spiro atoms. The van der Waals surface area contributed by atoms with Crippen LogP contribution in [0.3, 0.4) is 0 Å². The Bertz CT molecular complexity index is 1580. The Morgan fingerprint density at radius 2 is 1.68 bits per heavy atom. The van der Waals surface area contributed by atoms with E-state index in [0.29, 0.717) is 18.8 Å². The second kappa shape index (κ2) is 10.6. The summed E-state index contributed by atoms with van der Waals surface area (Å²) in [7, 11) is 1.68. The van der Waals surface area contributed by atoms with Crippen LogP contribution in [-0.2, 0) is 4.79 Å². The van der Waals surface area contributed by atoms with Crippen molar-refractivity contribution in [2.24, 2.45) is 0 Å². The minimum absolute atomic E-state index is 0.0194. The van der Waals surface area contributed by atoms with E-state index in [2.05, 4.69) is 34.0 Å². The highest BCUT2D eigenvalue weighted by Crippen LogP contribution is 2.40. The quantitative estimate of drug-likeness (QED) is 0.303. The highest BCUT2D eigenvalue weighted by molar-refractivity contribution is 6.00. The average molecular weight is 535 g/mol.